The summed E-state index contributed by atoms with van der Waals surface area (Å²) in [5, 5.41) is 6.61. The highest BCUT2D eigenvalue weighted by Crippen LogP contribution is 2.07. The molecule has 0 fully saturated rings. The Morgan fingerprint density at radius 1 is 1.26 bits per heavy atom. The van der Waals surface area contributed by atoms with Crippen LogP contribution < -0.4 is 16.0 Å². The smallest absolute Gasteiger partial charge is 0.329 e. The van der Waals surface area contributed by atoms with Crippen molar-refractivity contribution in [1.82, 2.24) is 16.0 Å². The van der Waals surface area contributed by atoms with Crippen molar-refractivity contribution in [3.05, 3.63) is 24.2 Å². The van der Waals surface area contributed by atoms with Crippen LogP contribution in [0.4, 0.5) is 4.79 Å². The third kappa shape index (κ3) is 5.81. The van der Waals surface area contributed by atoms with Crippen molar-refractivity contribution in [2.24, 2.45) is 5.92 Å². The zero-order valence-electron chi connectivity index (χ0n) is 13.0. The number of hydrogen-bond donors (Lipinski definition) is 3. The minimum atomic E-state index is -0.958. The van der Waals surface area contributed by atoms with Gasteiger partial charge in [-0.2, -0.15) is 0 Å². The summed E-state index contributed by atoms with van der Waals surface area (Å²) in [5.74, 6) is -2.35. The number of nitrogens with one attached hydrogen (secondary N) is 3. The number of imide groups is 1. The average Bonchev–Trinajstić information content (AvgIpc) is 3.04. The maximum Gasteiger partial charge on any atom is 0.329 e. The Labute approximate surface area is 132 Å². The van der Waals surface area contributed by atoms with E-state index in [1.165, 1.54) is 19.4 Å². The maximum absolute atomic E-state index is 12.0. The van der Waals surface area contributed by atoms with E-state index in [4.69, 9.17) is 9.15 Å². The standard InChI is InChI=1S/C14H19N3O6/c1-8(2)11(17-12(19)9-5-4-6-22-9)13(20)23-7-10(18)16-14(21)15-3/h4-6,8,11H,7H2,1-3H3,(H,17,19)(H2,15,16,18,21)/t11-/m0/s1. The van der Waals surface area contributed by atoms with Crippen LogP contribution in [0.1, 0.15) is 24.4 Å². The second-order valence-electron chi connectivity index (χ2n) is 4.91. The van der Waals surface area contributed by atoms with Gasteiger partial charge in [-0.1, -0.05) is 13.8 Å². The van der Waals surface area contributed by atoms with Gasteiger partial charge in [0.2, 0.25) is 0 Å². The molecular weight excluding hydrogens is 306 g/mol. The number of ether oxygens (including phenoxy) is 1. The topological polar surface area (TPSA) is 127 Å². The van der Waals surface area contributed by atoms with Crippen molar-refractivity contribution in [2.45, 2.75) is 19.9 Å². The molecule has 0 aliphatic carbocycles. The molecular formula is C14H19N3O6. The van der Waals surface area contributed by atoms with Gasteiger partial charge in [0.15, 0.2) is 12.4 Å². The zero-order chi connectivity index (χ0) is 17.4. The lowest BCUT2D eigenvalue weighted by atomic mass is 10.0. The number of carbonyl (C=O) groups is 4. The molecule has 1 heterocycles. The van der Waals surface area contributed by atoms with Gasteiger partial charge in [0.05, 0.1) is 6.26 Å². The molecule has 0 radical (unpaired) electrons. The van der Waals surface area contributed by atoms with Crippen LogP contribution in [-0.4, -0.2) is 43.5 Å². The lowest BCUT2D eigenvalue weighted by Crippen LogP contribution is -2.46. The van der Waals surface area contributed by atoms with Crippen LogP contribution in [-0.2, 0) is 14.3 Å². The Morgan fingerprint density at radius 2 is 1.96 bits per heavy atom. The van der Waals surface area contributed by atoms with E-state index < -0.39 is 36.5 Å². The van der Waals surface area contributed by atoms with Crippen LogP contribution in [0.2, 0.25) is 0 Å². The number of urea groups is 1. The molecule has 0 unspecified atom stereocenters. The molecule has 0 bridgehead atoms. The largest absolute Gasteiger partial charge is 0.459 e. The van der Waals surface area contributed by atoms with Crippen molar-refractivity contribution in [3.63, 3.8) is 0 Å². The molecule has 0 aliphatic heterocycles. The Balaban J connectivity index is 2.56. The van der Waals surface area contributed by atoms with E-state index in [2.05, 4.69) is 10.6 Å². The predicted molar refractivity (Wildman–Crippen MR) is 78.4 cm³/mol. The molecule has 3 N–H and O–H groups in total. The van der Waals surface area contributed by atoms with Crippen LogP contribution in [0.3, 0.4) is 0 Å². The SMILES string of the molecule is CNC(=O)NC(=O)COC(=O)[C@@H](NC(=O)c1ccco1)C(C)C. The molecule has 1 aromatic rings. The Kier molecular flexibility index (Phi) is 6.78. The molecule has 9 nitrogen and oxygen atoms in total. The molecule has 0 aromatic carbocycles. The summed E-state index contributed by atoms with van der Waals surface area (Å²) in [6, 6.07) is 1.33. The van der Waals surface area contributed by atoms with E-state index in [1.54, 1.807) is 19.9 Å². The molecule has 1 rings (SSSR count). The molecule has 0 saturated heterocycles. The number of esters is 1. The average molecular weight is 325 g/mol. The molecule has 23 heavy (non-hydrogen) atoms. The van der Waals surface area contributed by atoms with Gasteiger partial charge >= 0.3 is 12.0 Å². The Bertz CT molecular complexity index is 567. The van der Waals surface area contributed by atoms with Crippen molar-refractivity contribution >= 4 is 23.8 Å². The predicted octanol–water partition coefficient (Wildman–Crippen LogP) is 0.0328. The van der Waals surface area contributed by atoms with Gasteiger partial charge in [-0.05, 0) is 18.1 Å². The Hall–Kier alpha value is -2.84. The van der Waals surface area contributed by atoms with Gasteiger partial charge in [0.25, 0.3) is 11.8 Å². The number of furan rings is 1. The fourth-order valence-electron chi connectivity index (χ4n) is 1.57. The quantitative estimate of drug-likeness (QED) is 0.633. The number of amides is 4. The number of rotatable bonds is 6. The minimum Gasteiger partial charge on any atom is -0.459 e. The molecule has 4 amide bonds. The lowest BCUT2D eigenvalue weighted by Gasteiger charge is -2.20. The summed E-state index contributed by atoms with van der Waals surface area (Å²) >= 11 is 0. The maximum atomic E-state index is 12.0. The van der Waals surface area contributed by atoms with Crippen LogP contribution in [0.25, 0.3) is 0 Å². The Morgan fingerprint density at radius 3 is 2.48 bits per heavy atom. The van der Waals surface area contributed by atoms with Gasteiger partial charge in [0.1, 0.15) is 6.04 Å². The van der Waals surface area contributed by atoms with Gasteiger partial charge in [-0.25, -0.2) is 9.59 Å². The van der Waals surface area contributed by atoms with Gasteiger partial charge in [-0.15, -0.1) is 0 Å². The summed E-state index contributed by atoms with van der Waals surface area (Å²) < 4.78 is 9.75. The minimum absolute atomic E-state index is 0.0563. The zero-order valence-corrected chi connectivity index (χ0v) is 13.0. The van der Waals surface area contributed by atoms with Crippen molar-refractivity contribution < 1.29 is 28.3 Å². The van der Waals surface area contributed by atoms with E-state index >= 15 is 0 Å². The monoisotopic (exact) mass is 325 g/mol. The highest BCUT2D eigenvalue weighted by molar-refractivity contribution is 5.96. The first-order valence-electron chi connectivity index (χ1n) is 6.87. The second-order valence-corrected chi connectivity index (χ2v) is 4.91. The van der Waals surface area contributed by atoms with E-state index in [0.29, 0.717) is 0 Å². The normalized spacial score (nSPS) is 11.5. The molecule has 0 spiro atoms. The summed E-state index contributed by atoms with van der Waals surface area (Å²) in [4.78, 5) is 46.2. The summed E-state index contributed by atoms with van der Waals surface area (Å²) in [7, 11) is 1.34. The van der Waals surface area contributed by atoms with Crippen molar-refractivity contribution in [1.29, 1.82) is 0 Å². The first-order chi connectivity index (χ1) is 10.8. The molecule has 9 heteroatoms. The van der Waals surface area contributed by atoms with Crippen molar-refractivity contribution in [3.8, 4) is 0 Å². The van der Waals surface area contributed by atoms with E-state index in [1.807, 2.05) is 5.32 Å². The van der Waals surface area contributed by atoms with Gasteiger partial charge < -0.3 is 19.8 Å². The number of hydrogen-bond acceptors (Lipinski definition) is 6. The first kappa shape index (κ1) is 18.2. The third-order valence-electron chi connectivity index (χ3n) is 2.78. The third-order valence-corrected chi connectivity index (χ3v) is 2.78. The highest BCUT2D eigenvalue weighted by atomic mass is 16.5. The molecule has 0 aliphatic rings. The highest BCUT2D eigenvalue weighted by Gasteiger charge is 2.27. The van der Waals surface area contributed by atoms with Crippen LogP contribution in [0.15, 0.2) is 22.8 Å². The molecule has 126 valence electrons. The fourth-order valence-corrected chi connectivity index (χ4v) is 1.57. The summed E-state index contributed by atoms with van der Waals surface area (Å²) in [6.07, 6.45) is 1.33. The first-order valence-corrected chi connectivity index (χ1v) is 6.87. The molecule has 1 aromatic heterocycles. The second kappa shape index (κ2) is 8.57. The molecule has 1 atom stereocenters. The van der Waals surface area contributed by atoms with E-state index in [0.717, 1.165) is 0 Å². The summed E-state index contributed by atoms with van der Waals surface area (Å²) in [5.41, 5.74) is 0. The van der Waals surface area contributed by atoms with Crippen LogP contribution in [0.5, 0.6) is 0 Å². The van der Waals surface area contributed by atoms with Crippen LogP contribution >= 0.6 is 0 Å². The molecule has 0 saturated carbocycles. The van der Waals surface area contributed by atoms with E-state index in [-0.39, 0.29) is 11.7 Å². The van der Waals surface area contributed by atoms with Gasteiger partial charge in [0, 0.05) is 7.05 Å². The lowest BCUT2D eigenvalue weighted by molar-refractivity contribution is -0.151. The van der Waals surface area contributed by atoms with Gasteiger partial charge in [-0.3, -0.25) is 14.9 Å². The summed E-state index contributed by atoms with van der Waals surface area (Å²) in [6.45, 7) is 2.78. The van der Waals surface area contributed by atoms with Crippen molar-refractivity contribution in [2.75, 3.05) is 13.7 Å². The number of carbonyl (C=O) groups excluding carboxylic acids is 4. The van der Waals surface area contributed by atoms with E-state index in [9.17, 15) is 19.2 Å². The fraction of sp³-hybridized carbons (Fsp3) is 0.429. The van der Waals surface area contributed by atoms with Crippen LogP contribution in [0, 0.1) is 5.92 Å².